The van der Waals surface area contributed by atoms with Crippen LogP contribution in [0.1, 0.15) is 22.3 Å². The number of hydrogen-bond acceptors (Lipinski definition) is 3. The van der Waals surface area contributed by atoms with E-state index in [1.165, 1.54) is 10.4 Å². The summed E-state index contributed by atoms with van der Waals surface area (Å²) in [7, 11) is -3.80. The van der Waals surface area contributed by atoms with Crippen molar-refractivity contribution in [2.24, 2.45) is 0 Å². The molecule has 3 rings (SSSR count). The molecular weight excluding hydrogens is 391 g/mol. The molecule has 0 unspecified atom stereocenters. The number of carbonyl (C=O) groups excluding carboxylic acids is 1. The smallest absolute Gasteiger partial charge is 0.253 e. The topological polar surface area (TPSA) is 57.7 Å². The van der Waals surface area contributed by atoms with Crippen molar-refractivity contribution >= 4 is 27.5 Å². The quantitative estimate of drug-likeness (QED) is 0.779. The van der Waals surface area contributed by atoms with Crippen molar-refractivity contribution in [3.63, 3.8) is 0 Å². The highest BCUT2D eigenvalue weighted by Crippen LogP contribution is 2.23. The first-order chi connectivity index (χ1) is 12.8. The van der Waals surface area contributed by atoms with Crippen LogP contribution < -0.4 is 0 Å². The van der Waals surface area contributed by atoms with E-state index < -0.39 is 15.8 Å². The summed E-state index contributed by atoms with van der Waals surface area (Å²) in [6.07, 6.45) is 0.520. The number of carbonyl (C=O) groups is 1. The number of aryl methyl sites for hydroxylation is 1. The number of amides is 1. The standard InChI is InChI=1S/C19H20ClFN2O3S/c1-14-4-2-5-15(12-14)19(24)22-8-3-9-23(11-10-22)27(25,26)16-6-7-18(21)17(20)13-16/h2,4-7,12-13H,3,8-11H2,1H3. The lowest BCUT2D eigenvalue weighted by Gasteiger charge is -2.22. The van der Waals surface area contributed by atoms with Crippen LogP contribution in [0.2, 0.25) is 5.02 Å². The lowest BCUT2D eigenvalue weighted by atomic mass is 10.1. The molecule has 1 heterocycles. The minimum absolute atomic E-state index is 0.0487. The molecule has 1 aliphatic heterocycles. The molecule has 1 fully saturated rings. The second-order valence-electron chi connectivity index (χ2n) is 6.50. The van der Waals surface area contributed by atoms with E-state index in [9.17, 15) is 17.6 Å². The number of nitrogens with zero attached hydrogens (tertiary/aromatic N) is 2. The van der Waals surface area contributed by atoms with Crippen LogP contribution in [0.25, 0.3) is 0 Å². The van der Waals surface area contributed by atoms with E-state index >= 15 is 0 Å². The number of sulfonamides is 1. The minimum Gasteiger partial charge on any atom is -0.337 e. The van der Waals surface area contributed by atoms with Crippen LogP contribution in [-0.4, -0.2) is 49.7 Å². The molecule has 1 aliphatic rings. The first-order valence-corrected chi connectivity index (χ1v) is 10.4. The Balaban J connectivity index is 1.76. The molecule has 0 aromatic heterocycles. The largest absolute Gasteiger partial charge is 0.337 e. The van der Waals surface area contributed by atoms with E-state index in [0.717, 1.165) is 17.7 Å². The molecule has 0 N–H and O–H groups in total. The fourth-order valence-electron chi connectivity index (χ4n) is 3.08. The van der Waals surface area contributed by atoms with Crippen LogP contribution in [0.4, 0.5) is 4.39 Å². The van der Waals surface area contributed by atoms with Crippen LogP contribution in [0.5, 0.6) is 0 Å². The third-order valence-electron chi connectivity index (χ3n) is 4.54. The maximum atomic E-state index is 13.3. The Labute approximate surface area is 163 Å². The average molecular weight is 411 g/mol. The molecule has 0 aliphatic carbocycles. The fourth-order valence-corrected chi connectivity index (χ4v) is 4.83. The van der Waals surface area contributed by atoms with Crippen molar-refractivity contribution in [1.82, 2.24) is 9.21 Å². The zero-order valence-electron chi connectivity index (χ0n) is 14.9. The number of hydrogen-bond donors (Lipinski definition) is 0. The third kappa shape index (κ3) is 4.31. The highest BCUT2D eigenvalue weighted by Gasteiger charge is 2.29. The summed E-state index contributed by atoms with van der Waals surface area (Å²) in [5.41, 5.74) is 1.59. The van der Waals surface area contributed by atoms with Gasteiger partial charge in [0.15, 0.2) is 0 Å². The normalized spacial score (nSPS) is 16.2. The summed E-state index contributed by atoms with van der Waals surface area (Å²) >= 11 is 5.73. The van der Waals surface area contributed by atoms with Gasteiger partial charge in [0, 0.05) is 31.7 Å². The first-order valence-electron chi connectivity index (χ1n) is 8.60. The van der Waals surface area contributed by atoms with Gasteiger partial charge in [-0.2, -0.15) is 4.31 Å². The van der Waals surface area contributed by atoms with Gasteiger partial charge in [0.05, 0.1) is 9.92 Å². The van der Waals surface area contributed by atoms with Gasteiger partial charge in [0.1, 0.15) is 5.82 Å². The molecule has 0 radical (unpaired) electrons. The zero-order chi connectivity index (χ0) is 19.6. The molecule has 2 aromatic carbocycles. The van der Waals surface area contributed by atoms with Gasteiger partial charge in [-0.15, -0.1) is 0 Å². The number of rotatable bonds is 3. The van der Waals surface area contributed by atoms with Crippen molar-refractivity contribution in [2.45, 2.75) is 18.2 Å². The van der Waals surface area contributed by atoms with E-state index in [4.69, 9.17) is 11.6 Å². The Morgan fingerprint density at radius 1 is 1.07 bits per heavy atom. The van der Waals surface area contributed by atoms with Crippen molar-refractivity contribution in [3.05, 3.63) is 64.4 Å². The van der Waals surface area contributed by atoms with Crippen molar-refractivity contribution < 1.29 is 17.6 Å². The molecular formula is C19H20ClFN2O3S. The van der Waals surface area contributed by atoms with Crippen LogP contribution in [0.15, 0.2) is 47.4 Å². The Hall–Kier alpha value is -1.96. The summed E-state index contributed by atoms with van der Waals surface area (Å²) in [4.78, 5) is 14.3. The molecule has 1 saturated heterocycles. The Bertz CT molecular complexity index is 965. The molecule has 144 valence electrons. The van der Waals surface area contributed by atoms with Gasteiger partial charge in [0.25, 0.3) is 5.91 Å². The van der Waals surface area contributed by atoms with E-state index in [1.54, 1.807) is 11.0 Å². The van der Waals surface area contributed by atoms with Crippen LogP contribution >= 0.6 is 11.6 Å². The predicted molar refractivity (Wildman–Crippen MR) is 102 cm³/mol. The Kier molecular flexibility index (Phi) is 5.83. The van der Waals surface area contributed by atoms with Gasteiger partial charge in [-0.25, -0.2) is 12.8 Å². The van der Waals surface area contributed by atoms with Gasteiger partial charge in [-0.05, 0) is 43.7 Å². The second-order valence-corrected chi connectivity index (χ2v) is 8.84. The Morgan fingerprint density at radius 3 is 2.56 bits per heavy atom. The average Bonchev–Trinajstić information content (AvgIpc) is 2.90. The molecule has 5 nitrogen and oxygen atoms in total. The molecule has 0 atom stereocenters. The Morgan fingerprint density at radius 2 is 1.85 bits per heavy atom. The third-order valence-corrected chi connectivity index (χ3v) is 6.72. The van der Waals surface area contributed by atoms with Gasteiger partial charge in [-0.1, -0.05) is 29.3 Å². The van der Waals surface area contributed by atoms with Crippen LogP contribution in [0, 0.1) is 12.7 Å². The molecule has 2 aromatic rings. The lowest BCUT2D eigenvalue weighted by Crippen LogP contribution is -2.37. The summed E-state index contributed by atoms with van der Waals surface area (Å²) in [5.74, 6) is -0.774. The SMILES string of the molecule is Cc1cccc(C(=O)N2CCCN(S(=O)(=O)c3ccc(F)c(Cl)c3)CC2)c1. The first kappa shape index (κ1) is 19.8. The second kappa shape index (κ2) is 7.96. The maximum Gasteiger partial charge on any atom is 0.253 e. The molecule has 27 heavy (non-hydrogen) atoms. The van der Waals surface area contributed by atoms with Crippen molar-refractivity contribution in [1.29, 1.82) is 0 Å². The molecule has 0 spiro atoms. The fraction of sp³-hybridized carbons (Fsp3) is 0.316. The highest BCUT2D eigenvalue weighted by molar-refractivity contribution is 7.89. The van der Waals surface area contributed by atoms with Crippen LogP contribution in [-0.2, 0) is 10.0 Å². The van der Waals surface area contributed by atoms with E-state index in [2.05, 4.69) is 0 Å². The monoisotopic (exact) mass is 410 g/mol. The summed E-state index contributed by atoms with van der Waals surface area (Å²) in [5, 5.41) is -0.234. The van der Waals surface area contributed by atoms with Crippen molar-refractivity contribution in [2.75, 3.05) is 26.2 Å². The van der Waals surface area contributed by atoms with Gasteiger partial charge in [0.2, 0.25) is 10.0 Å². The summed E-state index contributed by atoms with van der Waals surface area (Å²) < 4.78 is 40.3. The minimum atomic E-state index is -3.80. The number of benzene rings is 2. The van der Waals surface area contributed by atoms with E-state index in [-0.39, 0.29) is 28.9 Å². The zero-order valence-corrected chi connectivity index (χ0v) is 16.4. The van der Waals surface area contributed by atoms with Crippen molar-refractivity contribution in [3.8, 4) is 0 Å². The van der Waals surface area contributed by atoms with Gasteiger partial charge >= 0.3 is 0 Å². The molecule has 0 bridgehead atoms. The lowest BCUT2D eigenvalue weighted by molar-refractivity contribution is 0.0764. The van der Waals surface area contributed by atoms with E-state index in [1.807, 2.05) is 25.1 Å². The maximum absolute atomic E-state index is 13.3. The van der Waals surface area contributed by atoms with Crippen LogP contribution in [0.3, 0.4) is 0 Å². The number of halogens is 2. The van der Waals surface area contributed by atoms with Gasteiger partial charge in [-0.3, -0.25) is 4.79 Å². The molecule has 0 saturated carbocycles. The van der Waals surface area contributed by atoms with Gasteiger partial charge < -0.3 is 4.90 Å². The highest BCUT2D eigenvalue weighted by atomic mass is 35.5. The van der Waals surface area contributed by atoms with E-state index in [0.29, 0.717) is 25.1 Å². The predicted octanol–water partition coefficient (Wildman–Crippen LogP) is 3.32. The molecule has 1 amide bonds. The summed E-state index contributed by atoms with van der Waals surface area (Å²) in [6.45, 7) is 3.15. The summed E-state index contributed by atoms with van der Waals surface area (Å²) in [6, 6.07) is 10.7. The molecule has 8 heteroatoms.